The molecule has 0 unspecified atom stereocenters. The molecule has 2 amide bonds. The van der Waals surface area contributed by atoms with Gasteiger partial charge in [-0.3, -0.25) is 9.59 Å². The van der Waals surface area contributed by atoms with Gasteiger partial charge in [-0.2, -0.15) is 0 Å². The van der Waals surface area contributed by atoms with Crippen LogP contribution in [0.1, 0.15) is 46.4 Å². The Hall–Kier alpha value is -6.03. The van der Waals surface area contributed by atoms with Crippen molar-refractivity contribution in [3.63, 3.8) is 0 Å². The number of aryl methyl sites for hydroxylation is 2. The van der Waals surface area contributed by atoms with Crippen molar-refractivity contribution in [1.82, 2.24) is 44.8 Å². The van der Waals surface area contributed by atoms with E-state index in [1.165, 1.54) is 0 Å². The number of halogens is 1. The predicted octanol–water partition coefficient (Wildman–Crippen LogP) is 5.58. The third-order valence-corrected chi connectivity index (χ3v) is 11.1. The molecule has 4 aliphatic heterocycles. The number of pyridine rings is 2. The Balaban J connectivity index is 0.000000154. The van der Waals surface area contributed by atoms with E-state index in [0.717, 1.165) is 87.4 Å². The maximum absolute atomic E-state index is 13.2. The summed E-state index contributed by atoms with van der Waals surface area (Å²) >= 11 is 2.18. The molecule has 2 fully saturated rings. The molecule has 0 radical (unpaired) electrons. The summed E-state index contributed by atoms with van der Waals surface area (Å²) in [4.78, 5) is 37.3. The van der Waals surface area contributed by atoms with Crippen molar-refractivity contribution in [1.29, 1.82) is 0 Å². The van der Waals surface area contributed by atoms with Crippen LogP contribution in [0.2, 0.25) is 0 Å². The van der Waals surface area contributed by atoms with Crippen molar-refractivity contribution in [2.24, 2.45) is 0 Å². The zero-order valence-corrected chi connectivity index (χ0v) is 36.9. The zero-order valence-electron chi connectivity index (χ0n) is 34.7. The minimum absolute atomic E-state index is 0.248. The highest BCUT2D eigenvalue weighted by molar-refractivity contribution is 14.1. The van der Waals surface area contributed by atoms with Gasteiger partial charge in [-0.25, -0.2) is 9.97 Å². The van der Waals surface area contributed by atoms with Gasteiger partial charge < -0.3 is 48.9 Å². The molecule has 0 spiro atoms. The van der Waals surface area contributed by atoms with E-state index in [4.69, 9.17) is 18.9 Å². The molecule has 3 N–H and O–H groups in total. The number of aromatic nitrogens is 8. The van der Waals surface area contributed by atoms with Crippen LogP contribution in [-0.4, -0.2) is 117 Å². The van der Waals surface area contributed by atoms with E-state index in [-0.39, 0.29) is 11.8 Å². The maximum Gasteiger partial charge on any atom is 0.260 e. The van der Waals surface area contributed by atoms with Gasteiger partial charge in [0.15, 0.2) is 11.6 Å². The fourth-order valence-electron chi connectivity index (χ4n) is 7.15. The lowest BCUT2D eigenvalue weighted by molar-refractivity contribution is 0.101. The minimum Gasteiger partial charge on any atom is -0.493 e. The number of rotatable bonds is 1. The smallest absolute Gasteiger partial charge is 0.260 e. The van der Waals surface area contributed by atoms with Crippen molar-refractivity contribution in [3.8, 4) is 34.5 Å². The van der Waals surface area contributed by atoms with Gasteiger partial charge in [0, 0.05) is 48.5 Å². The van der Waals surface area contributed by atoms with Crippen molar-refractivity contribution in [2.75, 3.05) is 81.4 Å². The molecule has 328 valence electrons. The molecule has 19 heteroatoms. The average Bonchev–Trinajstić information content (AvgIpc) is 4.00. The second kappa shape index (κ2) is 21.9. The van der Waals surface area contributed by atoms with Gasteiger partial charge in [-0.05, 0) is 109 Å². The Labute approximate surface area is 378 Å². The summed E-state index contributed by atoms with van der Waals surface area (Å²) in [6.45, 7) is 9.41. The van der Waals surface area contributed by atoms with E-state index < -0.39 is 0 Å². The summed E-state index contributed by atoms with van der Waals surface area (Å²) < 4.78 is 27.2. The molecule has 4 bridgehead atoms. The van der Waals surface area contributed by atoms with E-state index in [9.17, 15) is 9.59 Å². The van der Waals surface area contributed by atoms with Crippen LogP contribution in [0.15, 0.2) is 85.5 Å². The molecule has 0 saturated carbocycles. The molecule has 10 rings (SSSR count). The van der Waals surface area contributed by atoms with E-state index >= 15 is 0 Å². The van der Waals surface area contributed by atoms with Gasteiger partial charge in [0.1, 0.15) is 47.2 Å². The number of ether oxygens (including phenoxy) is 4. The summed E-state index contributed by atoms with van der Waals surface area (Å²) in [5.74, 6) is 2.95. The largest absolute Gasteiger partial charge is 0.493 e. The number of carbonyl (C=O) groups excluding carboxylic acids is 2. The lowest BCUT2D eigenvalue weighted by Crippen LogP contribution is -2.36. The van der Waals surface area contributed by atoms with Crippen LogP contribution in [-0.2, 0) is 22.6 Å². The number of nitrogens with zero attached hydrogens (tertiary/aromatic N) is 9. The second-order valence-corrected chi connectivity index (χ2v) is 16.1. The fourth-order valence-corrected chi connectivity index (χ4v) is 7.64. The quantitative estimate of drug-likeness (QED) is 0.173. The number of hydrogen-bond acceptors (Lipinski definition) is 14. The highest BCUT2D eigenvalue weighted by Gasteiger charge is 2.21. The van der Waals surface area contributed by atoms with Crippen LogP contribution < -0.4 is 30.3 Å². The number of fused-ring (bicyclic) bond motifs is 10. The first-order valence-electron chi connectivity index (χ1n) is 21.1. The van der Waals surface area contributed by atoms with Crippen molar-refractivity contribution in [3.05, 3.63) is 100 Å². The third-order valence-electron chi connectivity index (χ3n) is 10.4. The lowest BCUT2D eigenvalue weighted by Gasteiger charge is -2.29. The summed E-state index contributed by atoms with van der Waals surface area (Å²) in [5.41, 5.74) is 3.33. The molecule has 63 heavy (non-hydrogen) atoms. The number of anilines is 3. The second-order valence-electron chi connectivity index (χ2n) is 14.8. The van der Waals surface area contributed by atoms with Crippen LogP contribution in [0.3, 0.4) is 0 Å². The molecule has 6 aromatic rings. The van der Waals surface area contributed by atoms with E-state index in [2.05, 4.69) is 73.8 Å². The highest BCUT2D eigenvalue weighted by atomic mass is 127. The molecule has 2 saturated heterocycles. The third kappa shape index (κ3) is 11.7. The Bertz CT molecular complexity index is 2460. The van der Waals surface area contributed by atoms with Gasteiger partial charge in [-0.1, -0.05) is 12.1 Å². The normalized spacial score (nSPS) is 16.6. The van der Waals surface area contributed by atoms with E-state index in [1.807, 2.05) is 69.8 Å². The first kappa shape index (κ1) is 43.6. The van der Waals surface area contributed by atoms with Crippen molar-refractivity contribution >= 4 is 51.7 Å². The Morgan fingerprint density at radius 2 is 1.11 bits per heavy atom. The number of amides is 2. The van der Waals surface area contributed by atoms with E-state index in [1.54, 1.807) is 24.8 Å². The number of benzene rings is 2. The molecule has 4 aliphatic rings. The molecular formula is C44H49IN12O6. The predicted molar refractivity (Wildman–Crippen MR) is 244 cm³/mol. The Morgan fingerprint density at radius 1 is 0.571 bits per heavy atom. The summed E-state index contributed by atoms with van der Waals surface area (Å²) in [7, 11) is 0. The number of nitrogens with one attached hydrogen (secondary N) is 3. The monoisotopic (exact) mass is 968 g/mol. The van der Waals surface area contributed by atoms with Crippen molar-refractivity contribution < 1.29 is 28.5 Å². The number of hydrogen-bond donors (Lipinski definition) is 3. The fraction of sp³-hybridized carbons (Fsp3) is 0.364. The first-order chi connectivity index (χ1) is 31.0. The lowest BCUT2D eigenvalue weighted by atomic mass is 10.1. The molecule has 2 aromatic carbocycles. The average molecular weight is 969 g/mol. The zero-order chi connectivity index (χ0) is 43.2. The van der Waals surface area contributed by atoms with Gasteiger partial charge in [0.05, 0.1) is 50.8 Å². The summed E-state index contributed by atoms with van der Waals surface area (Å²) in [6, 6.07) is 22.3. The van der Waals surface area contributed by atoms with Crippen LogP contribution in [0.25, 0.3) is 23.0 Å². The van der Waals surface area contributed by atoms with Crippen LogP contribution in [0.4, 0.5) is 17.3 Å². The van der Waals surface area contributed by atoms with Gasteiger partial charge in [0.2, 0.25) is 0 Å². The van der Waals surface area contributed by atoms with Gasteiger partial charge >= 0.3 is 0 Å². The number of morpholine rings is 2. The van der Waals surface area contributed by atoms with Gasteiger partial charge in [0.25, 0.3) is 11.8 Å². The Kier molecular flexibility index (Phi) is 15.1. The molecule has 0 atom stereocenters. The van der Waals surface area contributed by atoms with Gasteiger partial charge in [-0.15, -0.1) is 20.4 Å². The summed E-state index contributed by atoms with van der Waals surface area (Å²) in [5, 5.41) is 25.3. The SMILES string of the molecule is C1COCCN1.O=C1Nc2cccc(n2)-c2nncn2CCCCOc2ccc(I)cc21.O=C1Nc2cccc(n2)-c2nncn2CCCCOc2ccc(N3CCOCC3)cc21. The Morgan fingerprint density at radius 3 is 1.65 bits per heavy atom. The highest BCUT2D eigenvalue weighted by Crippen LogP contribution is 2.29. The standard InChI is InChI=1S/C22H24N6O3.C18H16IN5O2.C4H9NO/c29-22-17-14-16(27-9-12-30-13-10-27)6-7-19(17)31-11-2-1-8-28-15-23-26-21(28)18-4-3-5-20(24-18)25-22;19-12-6-7-15-13(10-12)18(25)22-16-5-3-4-14(21-16)17-23-20-11-24(17)8-1-2-9-26-15;1-3-6-4-2-5-1/h3-7,14-15H,1-2,8-13H2,(H,24,25,29);3-7,10-11H,1-2,8-9H2,(H,21,22,25);5H,1-4H2. The van der Waals surface area contributed by atoms with Crippen molar-refractivity contribution in [2.45, 2.75) is 38.8 Å². The number of carbonyl (C=O) groups is 2. The minimum atomic E-state index is -0.256. The van der Waals surface area contributed by atoms with Crippen LogP contribution >= 0.6 is 22.6 Å². The molecule has 18 nitrogen and oxygen atoms in total. The van der Waals surface area contributed by atoms with Crippen LogP contribution in [0.5, 0.6) is 11.5 Å². The molecule has 4 aromatic heterocycles. The topological polar surface area (TPSA) is 198 Å². The van der Waals surface area contributed by atoms with E-state index in [0.29, 0.717) is 83.7 Å². The first-order valence-corrected chi connectivity index (χ1v) is 22.2. The molecule has 8 heterocycles. The summed E-state index contributed by atoms with van der Waals surface area (Å²) in [6.07, 6.45) is 6.92. The molecular weight excluding hydrogens is 919 g/mol. The molecule has 0 aliphatic carbocycles. The maximum atomic E-state index is 13.2. The van der Waals surface area contributed by atoms with Crippen LogP contribution in [0, 0.1) is 3.57 Å².